The number of benzene rings is 2. The molecule has 2 heterocycles. The molecule has 4 aromatic rings. The number of carboxylic acid groups (broad SMARTS) is 1. The maximum absolute atomic E-state index is 12.4. The Morgan fingerprint density at radius 1 is 0.846 bits per heavy atom. The summed E-state index contributed by atoms with van der Waals surface area (Å²) in [5, 5.41) is 21.3. The summed E-state index contributed by atoms with van der Waals surface area (Å²) < 4.78 is 13.2. The molecular formula is C29H31NO7S2. The van der Waals surface area contributed by atoms with Crippen molar-refractivity contribution < 1.29 is 34.1 Å². The predicted octanol–water partition coefficient (Wildman–Crippen LogP) is 5.65. The summed E-state index contributed by atoms with van der Waals surface area (Å²) in [5.74, 6) is -0.0467. The van der Waals surface area contributed by atoms with Gasteiger partial charge in [0.25, 0.3) is 0 Å². The van der Waals surface area contributed by atoms with Gasteiger partial charge in [-0.3, -0.25) is 14.4 Å². The summed E-state index contributed by atoms with van der Waals surface area (Å²) in [6.45, 7) is 0. The van der Waals surface area contributed by atoms with Gasteiger partial charge in [-0.25, -0.2) is 0 Å². The van der Waals surface area contributed by atoms with Crippen molar-refractivity contribution in [3.8, 4) is 11.5 Å². The highest BCUT2D eigenvalue weighted by atomic mass is 32.1. The maximum atomic E-state index is 12.4. The van der Waals surface area contributed by atoms with E-state index in [1.807, 2.05) is 30.3 Å². The molecule has 1 amide bonds. The highest BCUT2D eigenvalue weighted by Gasteiger charge is 2.17. The number of ether oxygens (including phenoxy) is 2. The first-order valence-corrected chi connectivity index (χ1v) is 14.2. The van der Waals surface area contributed by atoms with Crippen molar-refractivity contribution in [2.24, 2.45) is 5.73 Å². The van der Waals surface area contributed by atoms with Gasteiger partial charge in [-0.05, 0) is 84.0 Å². The van der Waals surface area contributed by atoms with E-state index in [-0.39, 0.29) is 25.0 Å². The molecular weight excluding hydrogens is 538 g/mol. The van der Waals surface area contributed by atoms with Crippen LogP contribution in [0.4, 0.5) is 0 Å². The van der Waals surface area contributed by atoms with Crippen LogP contribution in [0.2, 0.25) is 0 Å². The van der Waals surface area contributed by atoms with Crippen LogP contribution >= 0.6 is 22.7 Å². The quantitative estimate of drug-likeness (QED) is 0.167. The number of carbonyl (C=O) groups is 3. The molecule has 39 heavy (non-hydrogen) atoms. The van der Waals surface area contributed by atoms with Crippen LogP contribution in [0.1, 0.15) is 63.9 Å². The summed E-state index contributed by atoms with van der Waals surface area (Å²) in [7, 11) is 3.27. The molecule has 2 aromatic carbocycles. The average Bonchev–Trinajstić information content (AvgIpc) is 3.52. The van der Waals surface area contributed by atoms with Crippen LogP contribution in [0.5, 0.6) is 11.5 Å². The number of rotatable bonds is 14. The van der Waals surface area contributed by atoms with Crippen LogP contribution < -0.4 is 15.2 Å². The molecule has 0 aliphatic heterocycles. The van der Waals surface area contributed by atoms with E-state index in [0.29, 0.717) is 11.3 Å². The van der Waals surface area contributed by atoms with E-state index in [1.165, 1.54) is 22.7 Å². The molecule has 1 unspecified atom stereocenters. The van der Waals surface area contributed by atoms with Crippen molar-refractivity contribution in [2.45, 2.75) is 51.0 Å². The lowest BCUT2D eigenvalue weighted by Crippen LogP contribution is -2.11. The van der Waals surface area contributed by atoms with Crippen LogP contribution in [-0.2, 0) is 22.4 Å². The zero-order chi connectivity index (χ0) is 28.1. The first-order chi connectivity index (χ1) is 18.7. The number of ketones is 1. The molecule has 0 saturated heterocycles. The lowest BCUT2D eigenvalue weighted by molar-refractivity contribution is -0.137. The molecule has 0 bridgehead atoms. The number of carbonyl (C=O) groups excluding carboxylic acids is 2. The summed E-state index contributed by atoms with van der Waals surface area (Å²) in [5.41, 5.74) is 7.31. The van der Waals surface area contributed by atoms with E-state index in [9.17, 15) is 19.5 Å². The Bertz CT molecular complexity index is 1520. The zero-order valence-electron chi connectivity index (χ0n) is 21.8. The molecule has 0 radical (unpaired) electrons. The number of methoxy groups -OCH3 is 2. The average molecular weight is 570 g/mol. The summed E-state index contributed by atoms with van der Waals surface area (Å²) >= 11 is 2.83. The second kappa shape index (κ2) is 12.6. The van der Waals surface area contributed by atoms with Gasteiger partial charge in [-0.1, -0.05) is 0 Å². The van der Waals surface area contributed by atoms with Gasteiger partial charge in [-0.15, -0.1) is 22.7 Å². The van der Waals surface area contributed by atoms with E-state index < -0.39 is 18.0 Å². The Morgan fingerprint density at radius 3 is 2.00 bits per heavy atom. The first kappa shape index (κ1) is 28.5. The van der Waals surface area contributed by atoms with Crippen molar-refractivity contribution >= 4 is 60.5 Å². The third-order valence-corrected chi connectivity index (χ3v) is 8.92. The Hall–Kier alpha value is -3.47. The number of aliphatic hydroxyl groups excluding tert-OH is 1. The van der Waals surface area contributed by atoms with Gasteiger partial charge >= 0.3 is 5.97 Å². The monoisotopic (exact) mass is 569 g/mol. The minimum absolute atomic E-state index is 0.0176. The van der Waals surface area contributed by atoms with Crippen LogP contribution in [0.15, 0.2) is 36.4 Å². The Morgan fingerprint density at radius 2 is 1.44 bits per heavy atom. The smallest absolute Gasteiger partial charge is 0.303 e. The molecule has 206 valence electrons. The predicted molar refractivity (Wildman–Crippen MR) is 153 cm³/mol. The molecule has 0 saturated carbocycles. The molecule has 4 rings (SSSR count). The zero-order valence-corrected chi connectivity index (χ0v) is 23.5. The van der Waals surface area contributed by atoms with Crippen molar-refractivity contribution in [1.29, 1.82) is 0 Å². The lowest BCUT2D eigenvalue weighted by atomic mass is 10.0. The number of fused-ring (bicyclic) bond motifs is 2. The summed E-state index contributed by atoms with van der Waals surface area (Å²) in [6, 6.07) is 11.8. The van der Waals surface area contributed by atoms with Crippen molar-refractivity contribution in [3.63, 3.8) is 0 Å². The number of hydrogen-bond acceptors (Lipinski definition) is 8. The van der Waals surface area contributed by atoms with Gasteiger partial charge in [0, 0.05) is 27.1 Å². The Labute approximate surface area is 234 Å². The minimum atomic E-state index is -0.985. The fourth-order valence-electron chi connectivity index (χ4n) is 4.56. The second-order valence-electron chi connectivity index (χ2n) is 9.35. The number of aryl methyl sites for hydroxylation is 2. The number of aliphatic hydroxyl groups is 1. The fourth-order valence-corrected chi connectivity index (χ4v) is 6.69. The largest absolute Gasteiger partial charge is 0.496 e. The van der Waals surface area contributed by atoms with E-state index in [4.69, 9.17) is 20.3 Å². The first-order valence-electron chi connectivity index (χ1n) is 12.6. The highest BCUT2D eigenvalue weighted by Crippen LogP contribution is 2.37. The number of primary amides is 1. The van der Waals surface area contributed by atoms with Crippen molar-refractivity contribution in [2.75, 3.05) is 14.2 Å². The van der Waals surface area contributed by atoms with E-state index in [1.54, 1.807) is 14.2 Å². The fraction of sp³-hybridized carbons (Fsp3) is 0.345. The third kappa shape index (κ3) is 6.95. The molecule has 10 heteroatoms. The van der Waals surface area contributed by atoms with Crippen LogP contribution in [0, 0.1) is 0 Å². The summed E-state index contributed by atoms with van der Waals surface area (Å²) in [4.78, 5) is 35.7. The third-order valence-electron chi connectivity index (χ3n) is 6.58. The summed E-state index contributed by atoms with van der Waals surface area (Å²) in [6.07, 6.45) is 1.83. The van der Waals surface area contributed by atoms with Crippen LogP contribution in [-0.4, -0.2) is 42.1 Å². The Kier molecular flexibility index (Phi) is 9.21. The van der Waals surface area contributed by atoms with Gasteiger partial charge in [0.05, 0.1) is 31.6 Å². The van der Waals surface area contributed by atoms with E-state index >= 15 is 0 Å². The number of amides is 1. The van der Waals surface area contributed by atoms with Crippen molar-refractivity contribution in [3.05, 3.63) is 57.3 Å². The molecule has 0 aliphatic rings. The number of nitrogens with two attached hydrogens (primary N) is 1. The van der Waals surface area contributed by atoms with Crippen LogP contribution in [0.3, 0.4) is 0 Å². The molecule has 0 spiro atoms. The number of carboxylic acids is 1. The topological polar surface area (TPSA) is 136 Å². The number of Topliss-reactive ketones (excluding diaryl/α,β-unsaturated/α-hetero) is 1. The molecule has 0 fully saturated rings. The van der Waals surface area contributed by atoms with Gasteiger partial charge in [0.15, 0.2) is 5.78 Å². The molecule has 4 N–H and O–H groups in total. The molecule has 8 nitrogen and oxygen atoms in total. The minimum Gasteiger partial charge on any atom is -0.496 e. The van der Waals surface area contributed by atoms with E-state index in [2.05, 4.69) is 6.07 Å². The molecule has 2 aromatic heterocycles. The number of hydrogen-bond donors (Lipinski definition) is 3. The Balaban J connectivity index is 1.49. The standard InChI is InChI=1S/C29H31NO7S2/c1-36-22-14-24-18(12-26(38-24)20(31)6-8-28(30)33)10-16(22)4-3-5-17-11-19-13-27(21(32)7-9-29(34)35)39-25(19)15-23(17)37-2/h10-15,20,31H,3-9H2,1-2H3,(H2,30,33)(H,34,35). The van der Waals surface area contributed by atoms with Gasteiger partial charge in [0.2, 0.25) is 5.91 Å². The van der Waals surface area contributed by atoms with Gasteiger partial charge in [-0.2, -0.15) is 0 Å². The molecule has 0 aliphatic carbocycles. The highest BCUT2D eigenvalue weighted by molar-refractivity contribution is 7.21. The van der Waals surface area contributed by atoms with E-state index in [0.717, 1.165) is 66.9 Å². The number of aliphatic carboxylic acids is 1. The normalized spacial score (nSPS) is 12.1. The maximum Gasteiger partial charge on any atom is 0.303 e. The number of thiophene rings is 2. The van der Waals surface area contributed by atoms with Crippen molar-refractivity contribution in [1.82, 2.24) is 0 Å². The second-order valence-corrected chi connectivity index (χ2v) is 11.6. The SMILES string of the molecule is COc1cc2sc(C(=O)CCC(=O)O)cc2cc1CCCc1cc2cc(C(O)CCC(N)=O)sc2cc1OC. The van der Waals surface area contributed by atoms with Crippen LogP contribution in [0.25, 0.3) is 20.2 Å². The van der Waals surface area contributed by atoms with Gasteiger partial charge < -0.3 is 25.4 Å². The lowest BCUT2D eigenvalue weighted by Gasteiger charge is -2.11. The van der Waals surface area contributed by atoms with Gasteiger partial charge in [0.1, 0.15) is 11.5 Å². The molecule has 1 atom stereocenters.